The van der Waals surface area contributed by atoms with Gasteiger partial charge in [0.15, 0.2) is 6.04 Å². The number of likely N-dealkylation sites (tertiary alicyclic amines) is 1. The lowest BCUT2D eigenvalue weighted by Gasteiger charge is -2.29. The van der Waals surface area contributed by atoms with Crippen molar-refractivity contribution in [1.29, 1.82) is 0 Å². The quantitative estimate of drug-likeness (QED) is 0.678. The number of carbonyl (C=O) groups is 2. The molecule has 1 rings (SSSR count). The molecule has 1 N–H and O–H groups in total. The standard InChI is InChI=1S/C13H23NO4/c1-3-17-12(15)10-11(13(16)18-4-2)14-8-6-5-7-9-14/h11H,3-10H2,1-2H3/p+1/t11-/m0/s1. The van der Waals surface area contributed by atoms with Crippen LogP contribution in [0.4, 0.5) is 0 Å². The number of rotatable bonds is 6. The summed E-state index contributed by atoms with van der Waals surface area (Å²) in [6.07, 6.45) is 3.54. The number of piperidine rings is 1. The molecule has 0 aromatic rings. The predicted octanol–water partition coefficient (Wildman–Crippen LogP) is -0.0599. The second kappa shape index (κ2) is 8.08. The van der Waals surface area contributed by atoms with Crippen LogP contribution in [-0.4, -0.2) is 44.3 Å². The van der Waals surface area contributed by atoms with Crippen LogP contribution in [0.2, 0.25) is 0 Å². The van der Waals surface area contributed by atoms with E-state index in [0.29, 0.717) is 13.2 Å². The van der Waals surface area contributed by atoms with Crippen LogP contribution in [0, 0.1) is 0 Å². The van der Waals surface area contributed by atoms with E-state index in [0.717, 1.165) is 30.8 Å². The third-order valence-electron chi connectivity index (χ3n) is 3.24. The first-order chi connectivity index (χ1) is 8.69. The van der Waals surface area contributed by atoms with Crippen molar-refractivity contribution in [1.82, 2.24) is 0 Å². The highest BCUT2D eigenvalue weighted by Gasteiger charge is 2.34. The fourth-order valence-corrected chi connectivity index (χ4v) is 2.38. The zero-order chi connectivity index (χ0) is 13.4. The van der Waals surface area contributed by atoms with Gasteiger partial charge in [-0.25, -0.2) is 4.79 Å². The van der Waals surface area contributed by atoms with Crippen LogP contribution in [0.5, 0.6) is 0 Å². The van der Waals surface area contributed by atoms with E-state index in [1.54, 1.807) is 13.8 Å². The molecule has 0 bridgehead atoms. The maximum Gasteiger partial charge on any atom is 0.365 e. The zero-order valence-electron chi connectivity index (χ0n) is 11.4. The Morgan fingerprint density at radius 2 is 1.67 bits per heavy atom. The molecule has 0 amide bonds. The number of hydrogen-bond acceptors (Lipinski definition) is 4. The Morgan fingerprint density at radius 1 is 1.06 bits per heavy atom. The Balaban J connectivity index is 2.61. The second-order valence-electron chi connectivity index (χ2n) is 4.53. The summed E-state index contributed by atoms with van der Waals surface area (Å²) in [4.78, 5) is 24.7. The molecule has 0 saturated carbocycles. The lowest BCUT2D eigenvalue weighted by Crippen LogP contribution is -3.17. The second-order valence-corrected chi connectivity index (χ2v) is 4.53. The smallest absolute Gasteiger partial charge is 0.365 e. The number of carbonyl (C=O) groups excluding carboxylic acids is 2. The molecule has 0 unspecified atom stereocenters. The minimum absolute atomic E-state index is 0.127. The van der Waals surface area contributed by atoms with Gasteiger partial charge in [0, 0.05) is 0 Å². The first-order valence-electron chi connectivity index (χ1n) is 6.85. The van der Waals surface area contributed by atoms with Crippen molar-refractivity contribution < 1.29 is 24.0 Å². The van der Waals surface area contributed by atoms with Crippen molar-refractivity contribution in [3.63, 3.8) is 0 Å². The molecule has 0 aromatic carbocycles. The first-order valence-corrected chi connectivity index (χ1v) is 6.85. The van der Waals surface area contributed by atoms with Gasteiger partial charge in [-0.15, -0.1) is 0 Å². The molecule has 0 spiro atoms. The Kier molecular flexibility index (Phi) is 6.72. The highest BCUT2D eigenvalue weighted by molar-refractivity contribution is 5.81. The van der Waals surface area contributed by atoms with Crippen LogP contribution >= 0.6 is 0 Å². The van der Waals surface area contributed by atoms with Crippen molar-refractivity contribution in [2.75, 3.05) is 26.3 Å². The maximum atomic E-state index is 11.9. The van der Waals surface area contributed by atoms with Crippen LogP contribution in [0.25, 0.3) is 0 Å². The largest absolute Gasteiger partial charge is 0.466 e. The van der Waals surface area contributed by atoms with Crippen molar-refractivity contribution in [3.8, 4) is 0 Å². The van der Waals surface area contributed by atoms with Gasteiger partial charge < -0.3 is 14.4 Å². The van der Waals surface area contributed by atoms with Crippen LogP contribution in [0.15, 0.2) is 0 Å². The van der Waals surface area contributed by atoms with Crippen molar-refractivity contribution in [2.45, 2.75) is 45.6 Å². The molecule has 0 radical (unpaired) electrons. The molecule has 5 heteroatoms. The van der Waals surface area contributed by atoms with Crippen molar-refractivity contribution in [3.05, 3.63) is 0 Å². The molecule has 1 fully saturated rings. The van der Waals surface area contributed by atoms with Crippen molar-refractivity contribution in [2.24, 2.45) is 0 Å². The molecule has 5 nitrogen and oxygen atoms in total. The third kappa shape index (κ3) is 4.64. The fraction of sp³-hybridized carbons (Fsp3) is 0.846. The maximum absolute atomic E-state index is 11.9. The molecule has 104 valence electrons. The highest BCUT2D eigenvalue weighted by atomic mass is 16.5. The molecule has 18 heavy (non-hydrogen) atoms. The molecule has 1 aliphatic rings. The van der Waals surface area contributed by atoms with Crippen molar-refractivity contribution >= 4 is 11.9 Å². The van der Waals surface area contributed by atoms with Gasteiger partial charge in [-0.1, -0.05) is 0 Å². The summed E-state index contributed by atoms with van der Waals surface area (Å²) in [6.45, 7) is 6.12. The SMILES string of the molecule is CCOC(=O)C[C@@H](C(=O)OCC)[NH+]1CCCCC1. The van der Waals surface area contributed by atoms with E-state index in [1.807, 2.05) is 0 Å². The molecular weight excluding hydrogens is 234 g/mol. The van der Waals surface area contributed by atoms with Gasteiger partial charge in [0.2, 0.25) is 0 Å². The van der Waals surface area contributed by atoms with Gasteiger partial charge in [0.05, 0.1) is 26.3 Å². The van der Waals surface area contributed by atoms with E-state index in [4.69, 9.17) is 9.47 Å². The highest BCUT2D eigenvalue weighted by Crippen LogP contribution is 2.01. The van der Waals surface area contributed by atoms with Gasteiger partial charge in [-0.05, 0) is 33.1 Å². The first kappa shape index (κ1) is 15.0. The number of ether oxygens (including phenoxy) is 2. The van der Waals surface area contributed by atoms with E-state index < -0.39 is 6.04 Å². The Bertz CT molecular complexity index is 274. The van der Waals surface area contributed by atoms with Gasteiger partial charge in [-0.3, -0.25) is 4.79 Å². The molecule has 1 heterocycles. The van der Waals surface area contributed by atoms with Crippen LogP contribution in [0.1, 0.15) is 39.5 Å². The van der Waals surface area contributed by atoms with Crippen LogP contribution < -0.4 is 4.90 Å². The summed E-state index contributed by atoms with van der Waals surface area (Å²) in [5.41, 5.74) is 0. The van der Waals surface area contributed by atoms with Gasteiger partial charge >= 0.3 is 11.9 Å². The summed E-state index contributed by atoms with van der Waals surface area (Å²) in [7, 11) is 0. The minimum atomic E-state index is -0.399. The van der Waals surface area contributed by atoms with Crippen LogP contribution in [-0.2, 0) is 19.1 Å². The number of quaternary nitrogens is 1. The predicted molar refractivity (Wildman–Crippen MR) is 66.2 cm³/mol. The Hall–Kier alpha value is -1.10. The summed E-state index contributed by atoms with van der Waals surface area (Å²) in [5.74, 6) is -0.587. The summed E-state index contributed by atoms with van der Waals surface area (Å²) >= 11 is 0. The van der Waals surface area contributed by atoms with Crippen LogP contribution in [0.3, 0.4) is 0 Å². The molecule has 0 aliphatic carbocycles. The zero-order valence-corrected chi connectivity index (χ0v) is 11.4. The summed E-state index contributed by atoms with van der Waals surface area (Å²) in [5, 5.41) is 0. The topological polar surface area (TPSA) is 57.0 Å². The average molecular weight is 258 g/mol. The Labute approximate surface area is 108 Å². The third-order valence-corrected chi connectivity index (χ3v) is 3.24. The van der Waals surface area contributed by atoms with E-state index in [-0.39, 0.29) is 18.4 Å². The lowest BCUT2D eigenvalue weighted by molar-refractivity contribution is -0.921. The van der Waals surface area contributed by atoms with Gasteiger partial charge in [-0.2, -0.15) is 0 Å². The molecule has 0 aromatic heterocycles. The Morgan fingerprint density at radius 3 is 2.22 bits per heavy atom. The summed E-state index contributed by atoms with van der Waals surface area (Å²) in [6, 6.07) is -0.399. The molecule has 1 aliphatic heterocycles. The molecular formula is C13H24NO4+. The van der Waals surface area contributed by atoms with E-state index >= 15 is 0 Å². The number of hydrogen-bond donors (Lipinski definition) is 1. The lowest BCUT2D eigenvalue weighted by atomic mass is 10.1. The number of esters is 2. The average Bonchev–Trinajstić information content (AvgIpc) is 2.37. The fourth-order valence-electron chi connectivity index (χ4n) is 2.38. The van der Waals surface area contributed by atoms with E-state index in [1.165, 1.54) is 6.42 Å². The molecule has 1 saturated heterocycles. The normalized spacial score (nSPS) is 18.1. The number of nitrogens with one attached hydrogen (secondary N) is 1. The monoisotopic (exact) mass is 258 g/mol. The van der Waals surface area contributed by atoms with E-state index in [2.05, 4.69) is 0 Å². The van der Waals surface area contributed by atoms with E-state index in [9.17, 15) is 9.59 Å². The minimum Gasteiger partial charge on any atom is -0.466 e. The van der Waals surface area contributed by atoms with Gasteiger partial charge in [0.25, 0.3) is 0 Å². The molecule has 1 atom stereocenters. The van der Waals surface area contributed by atoms with Gasteiger partial charge in [0.1, 0.15) is 6.42 Å². The summed E-state index contributed by atoms with van der Waals surface area (Å²) < 4.78 is 10.0.